The highest BCUT2D eigenvalue weighted by molar-refractivity contribution is 6.10. The number of aliphatic hydroxyl groups is 1. The van der Waals surface area contributed by atoms with Crippen LogP contribution in [0.15, 0.2) is 24.8 Å². The molecule has 4 heteroatoms. The maximum atomic E-state index is 10.8. The predicted octanol–water partition coefficient (Wildman–Crippen LogP) is -0.182. The second-order valence-electron chi connectivity index (χ2n) is 2.27. The normalized spacial score (nSPS) is 9.92. The minimum atomic E-state index is -0.640. The molecule has 0 aromatic rings. The van der Waals surface area contributed by atoms with Gasteiger partial charge in [-0.2, -0.15) is 0 Å². The Bertz CT molecular complexity index is 263. The summed E-state index contributed by atoms with van der Waals surface area (Å²) in [5.41, 5.74) is 0. The van der Waals surface area contributed by atoms with E-state index in [-0.39, 0.29) is 6.42 Å². The molecule has 4 nitrogen and oxygen atoms in total. The van der Waals surface area contributed by atoms with Crippen molar-refractivity contribution in [1.82, 2.24) is 0 Å². The van der Waals surface area contributed by atoms with Crippen LogP contribution in [-0.4, -0.2) is 29.1 Å². The molecule has 0 saturated carbocycles. The summed E-state index contributed by atoms with van der Waals surface area (Å²) in [5.74, 6) is -1.45. The van der Waals surface area contributed by atoms with Crippen LogP contribution < -0.4 is 0 Å². The van der Waals surface area contributed by atoms with Gasteiger partial charge in [-0.15, -0.1) is 0 Å². The Kier molecular flexibility index (Phi) is 5.30. The van der Waals surface area contributed by atoms with Gasteiger partial charge in [0.2, 0.25) is 0 Å². The Morgan fingerprint density at radius 1 is 1.08 bits per heavy atom. The molecule has 0 heterocycles. The molecule has 0 spiro atoms. The number of hydrogen-bond donors (Lipinski definition) is 1. The number of carbonyl (C=O) groups excluding carboxylic acids is 3. The zero-order valence-electron chi connectivity index (χ0n) is 7.03. The quantitative estimate of drug-likeness (QED) is 0.457. The second kappa shape index (κ2) is 6.02. The number of aliphatic hydroxyl groups excluding tert-OH is 1. The lowest BCUT2D eigenvalue weighted by molar-refractivity contribution is -0.122. The van der Waals surface area contributed by atoms with Crippen LogP contribution in [0.1, 0.15) is 6.42 Å². The third kappa shape index (κ3) is 5.69. The summed E-state index contributed by atoms with van der Waals surface area (Å²) in [5, 5.41) is 8.28. The van der Waals surface area contributed by atoms with Crippen molar-refractivity contribution in [2.75, 3.05) is 6.61 Å². The summed E-state index contributed by atoms with van der Waals surface area (Å²) < 4.78 is 0. The molecular formula is C9H10O4. The van der Waals surface area contributed by atoms with Crippen molar-refractivity contribution in [3.8, 4) is 0 Å². The van der Waals surface area contributed by atoms with E-state index in [0.29, 0.717) is 0 Å². The van der Waals surface area contributed by atoms with Crippen LogP contribution in [0, 0.1) is 0 Å². The monoisotopic (exact) mass is 182 g/mol. The van der Waals surface area contributed by atoms with Gasteiger partial charge in [-0.25, -0.2) is 0 Å². The van der Waals surface area contributed by atoms with Gasteiger partial charge in [-0.1, -0.05) is 6.58 Å². The first-order valence-corrected chi connectivity index (χ1v) is 3.60. The fraction of sp³-hybridized carbons (Fsp3) is 0.222. The van der Waals surface area contributed by atoms with Gasteiger partial charge < -0.3 is 5.11 Å². The molecule has 0 saturated heterocycles. The Hall–Kier alpha value is -1.55. The van der Waals surface area contributed by atoms with Crippen LogP contribution in [0.3, 0.4) is 0 Å². The average Bonchev–Trinajstić information content (AvgIpc) is 2.13. The van der Waals surface area contributed by atoms with Gasteiger partial charge in [-0.05, 0) is 18.2 Å². The summed E-state index contributed by atoms with van der Waals surface area (Å²) >= 11 is 0. The first-order valence-electron chi connectivity index (χ1n) is 3.60. The molecule has 70 valence electrons. The molecule has 0 amide bonds. The van der Waals surface area contributed by atoms with E-state index in [9.17, 15) is 14.4 Å². The van der Waals surface area contributed by atoms with Crippen LogP contribution in [-0.2, 0) is 14.4 Å². The number of carbonyl (C=O) groups is 3. The summed E-state index contributed by atoms with van der Waals surface area (Å²) in [6.45, 7) is 2.55. The van der Waals surface area contributed by atoms with Crippen molar-refractivity contribution in [2.24, 2.45) is 0 Å². The summed E-state index contributed by atoms with van der Waals surface area (Å²) in [7, 11) is 0. The molecule has 0 atom stereocenters. The lowest BCUT2D eigenvalue weighted by atomic mass is 10.2. The van der Waals surface area contributed by atoms with E-state index in [2.05, 4.69) is 6.58 Å². The number of rotatable bonds is 6. The van der Waals surface area contributed by atoms with Gasteiger partial charge in [0, 0.05) is 0 Å². The molecular weight excluding hydrogens is 172 g/mol. The molecule has 0 unspecified atom stereocenters. The molecule has 0 fully saturated rings. The van der Waals surface area contributed by atoms with Crippen molar-refractivity contribution >= 4 is 17.3 Å². The number of ketones is 3. The minimum absolute atomic E-state index is 0.293. The van der Waals surface area contributed by atoms with E-state index in [4.69, 9.17) is 5.11 Å². The second-order valence-corrected chi connectivity index (χ2v) is 2.27. The van der Waals surface area contributed by atoms with Crippen LogP contribution >= 0.6 is 0 Å². The molecule has 0 aromatic heterocycles. The lowest BCUT2D eigenvalue weighted by Gasteiger charge is -1.88. The van der Waals surface area contributed by atoms with E-state index >= 15 is 0 Å². The van der Waals surface area contributed by atoms with Gasteiger partial charge in [0.25, 0.3) is 0 Å². The average molecular weight is 182 g/mol. The van der Waals surface area contributed by atoms with Crippen molar-refractivity contribution in [3.05, 3.63) is 24.8 Å². The topological polar surface area (TPSA) is 71.4 Å². The SMILES string of the molecule is C=CC(=O)CC(=O)/C=C/C(=O)CO. The molecule has 0 aliphatic rings. The lowest BCUT2D eigenvalue weighted by Crippen LogP contribution is -2.04. The molecule has 0 radical (unpaired) electrons. The predicted molar refractivity (Wildman–Crippen MR) is 46.1 cm³/mol. The molecule has 0 aliphatic heterocycles. The van der Waals surface area contributed by atoms with Gasteiger partial charge in [-0.3, -0.25) is 14.4 Å². The zero-order chi connectivity index (χ0) is 10.3. The molecule has 13 heavy (non-hydrogen) atoms. The maximum Gasteiger partial charge on any atom is 0.181 e. The minimum Gasteiger partial charge on any atom is -0.388 e. The first-order chi connectivity index (χ1) is 6.10. The Morgan fingerprint density at radius 2 is 1.62 bits per heavy atom. The number of hydrogen-bond acceptors (Lipinski definition) is 4. The van der Waals surface area contributed by atoms with E-state index < -0.39 is 24.0 Å². The van der Waals surface area contributed by atoms with Gasteiger partial charge >= 0.3 is 0 Å². The van der Waals surface area contributed by atoms with E-state index in [0.717, 1.165) is 18.2 Å². The highest BCUT2D eigenvalue weighted by Gasteiger charge is 2.02. The van der Waals surface area contributed by atoms with E-state index in [1.807, 2.05) is 0 Å². The molecule has 1 N–H and O–H groups in total. The smallest absolute Gasteiger partial charge is 0.181 e. The first kappa shape index (κ1) is 11.4. The van der Waals surface area contributed by atoms with Gasteiger partial charge in [0.1, 0.15) is 6.61 Å². The van der Waals surface area contributed by atoms with Crippen molar-refractivity contribution in [2.45, 2.75) is 6.42 Å². The van der Waals surface area contributed by atoms with E-state index in [1.54, 1.807) is 0 Å². The van der Waals surface area contributed by atoms with Crippen molar-refractivity contribution in [3.63, 3.8) is 0 Å². The Morgan fingerprint density at radius 3 is 2.08 bits per heavy atom. The van der Waals surface area contributed by atoms with Crippen LogP contribution in [0.25, 0.3) is 0 Å². The molecule has 0 rings (SSSR count). The zero-order valence-corrected chi connectivity index (χ0v) is 7.03. The maximum absolute atomic E-state index is 10.8. The highest BCUT2D eigenvalue weighted by Crippen LogP contribution is 1.89. The fourth-order valence-electron chi connectivity index (χ4n) is 0.541. The Balaban J connectivity index is 4.01. The largest absolute Gasteiger partial charge is 0.388 e. The van der Waals surface area contributed by atoms with Crippen LogP contribution in [0.4, 0.5) is 0 Å². The van der Waals surface area contributed by atoms with Crippen LogP contribution in [0.5, 0.6) is 0 Å². The standard InChI is InChI=1S/C9H10O4/c1-2-7(11)5-8(12)3-4-9(13)6-10/h2-4,10H,1,5-6H2/b4-3+. The van der Waals surface area contributed by atoms with Crippen molar-refractivity contribution < 1.29 is 19.5 Å². The highest BCUT2D eigenvalue weighted by atomic mass is 16.3. The molecule has 0 aliphatic carbocycles. The number of allylic oxidation sites excluding steroid dienone is 2. The van der Waals surface area contributed by atoms with E-state index in [1.165, 1.54) is 0 Å². The van der Waals surface area contributed by atoms with Gasteiger partial charge in [0.05, 0.1) is 6.42 Å². The third-order valence-electron chi connectivity index (χ3n) is 1.19. The van der Waals surface area contributed by atoms with Crippen molar-refractivity contribution in [1.29, 1.82) is 0 Å². The van der Waals surface area contributed by atoms with Gasteiger partial charge in [0.15, 0.2) is 17.3 Å². The summed E-state index contributed by atoms with van der Waals surface area (Å²) in [6, 6.07) is 0. The summed E-state index contributed by atoms with van der Waals surface area (Å²) in [4.78, 5) is 32.0. The molecule has 0 bridgehead atoms. The summed E-state index contributed by atoms with van der Waals surface area (Å²) in [6.07, 6.45) is 2.66. The third-order valence-corrected chi connectivity index (χ3v) is 1.19. The molecule has 0 aromatic carbocycles. The van der Waals surface area contributed by atoms with Crippen LogP contribution in [0.2, 0.25) is 0 Å². The fourth-order valence-corrected chi connectivity index (χ4v) is 0.541. The Labute approximate surface area is 75.6 Å².